The molecule has 0 unspecified atom stereocenters. The van der Waals surface area contributed by atoms with Crippen molar-refractivity contribution < 1.29 is 14.3 Å². The number of aromatic nitrogens is 1. The number of benzene rings is 1. The smallest absolute Gasteiger partial charge is 0.289 e. The van der Waals surface area contributed by atoms with Gasteiger partial charge in [0, 0.05) is 18.7 Å². The number of hydrogen-bond acceptors (Lipinski definition) is 4. The minimum Gasteiger partial charge on any atom is -0.431 e. The van der Waals surface area contributed by atoms with Gasteiger partial charge in [0.05, 0.1) is 5.69 Å². The highest BCUT2D eigenvalue weighted by Gasteiger charge is 2.17. The average Bonchev–Trinajstić information content (AvgIpc) is 2.82. The molecular weight excluding hydrogens is 244 g/mol. The van der Waals surface area contributed by atoms with Crippen molar-refractivity contribution in [2.75, 3.05) is 13.2 Å². The molecule has 2 rings (SSSR count). The third-order valence-electron chi connectivity index (χ3n) is 2.64. The molecule has 2 aromatic rings. The molecule has 0 aliphatic carbocycles. The van der Waals surface area contributed by atoms with E-state index in [2.05, 4.69) is 10.3 Å². The molecule has 1 aromatic heterocycles. The lowest BCUT2D eigenvalue weighted by Gasteiger charge is -2.01. The second kappa shape index (κ2) is 6.15. The maximum absolute atomic E-state index is 11.9. The van der Waals surface area contributed by atoms with E-state index in [4.69, 9.17) is 9.52 Å². The number of oxazole rings is 1. The molecule has 1 heterocycles. The van der Waals surface area contributed by atoms with Crippen molar-refractivity contribution in [3.05, 3.63) is 41.8 Å². The molecule has 0 saturated carbocycles. The number of nitrogens with zero attached hydrogens (tertiary/aromatic N) is 1. The van der Waals surface area contributed by atoms with Gasteiger partial charge in [0.2, 0.25) is 11.7 Å². The van der Waals surface area contributed by atoms with Gasteiger partial charge in [-0.05, 0) is 25.5 Å². The standard InChI is InChI=1S/C14H16N2O3/c1-10-12(13(18)15-8-5-9-17)19-14(16-10)11-6-3-2-4-7-11/h2-4,6-7,17H,5,8-9H2,1H3,(H,15,18). The monoisotopic (exact) mass is 260 g/mol. The average molecular weight is 260 g/mol. The lowest BCUT2D eigenvalue weighted by molar-refractivity contribution is 0.0923. The van der Waals surface area contributed by atoms with Gasteiger partial charge in [-0.1, -0.05) is 18.2 Å². The van der Waals surface area contributed by atoms with E-state index in [0.717, 1.165) is 5.56 Å². The highest BCUT2D eigenvalue weighted by molar-refractivity contribution is 5.92. The first-order chi connectivity index (χ1) is 9.22. The van der Waals surface area contributed by atoms with Crippen LogP contribution in [0.4, 0.5) is 0 Å². The zero-order chi connectivity index (χ0) is 13.7. The van der Waals surface area contributed by atoms with Crippen LogP contribution in [-0.2, 0) is 0 Å². The Morgan fingerprint density at radius 1 is 1.37 bits per heavy atom. The van der Waals surface area contributed by atoms with Crippen molar-refractivity contribution in [3.8, 4) is 11.5 Å². The molecule has 1 aromatic carbocycles. The fourth-order valence-electron chi connectivity index (χ4n) is 1.67. The normalized spacial score (nSPS) is 10.4. The summed E-state index contributed by atoms with van der Waals surface area (Å²) in [6, 6.07) is 9.42. The highest BCUT2D eigenvalue weighted by Crippen LogP contribution is 2.21. The SMILES string of the molecule is Cc1nc(-c2ccccc2)oc1C(=O)NCCCO. The van der Waals surface area contributed by atoms with Crippen LogP contribution < -0.4 is 5.32 Å². The molecule has 0 bridgehead atoms. The minimum atomic E-state index is -0.305. The third-order valence-corrected chi connectivity index (χ3v) is 2.64. The molecule has 0 fully saturated rings. The number of carbonyl (C=O) groups is 1. The van der Waals surface area contributed by atoms with Gasteiger partial charge in [-0.25, -0.2) is 4.98 Å². The number of aryl methyl sites for hydroxylation is 1. The first kappa shape index (κ1) is 13.3. The van der Waals surface area contributed by atoms with Crippen LogP contribution >= 0.6 is 0 Å². The van der Waals surface area contributed by atoms with Gasteiger partial charge in [-0.3, -0.25) is 4.79 Å². The quantitative estimate of drug-likeness (QED) is 0.803. The summed E-state index contributed by atoms with van der Waals surface area (Å²) in [4.78, 5) is 16.1. The van der Waals surface area contributed by atoms with Crippen LogP contribution in [0.2, 0.25) is 0 Å². The molecule has 0 aliphatic rings. The van der Waals surface area contributed by atoms with Crippen LogP contribution in [-0.4, -0.2) is 29.1 Å². The number of aliphatic hydroxyl groups is 1. The van der Waals surface area contributed by atoms with E-state index in [-0.39, 0.29) is 18.3 Å². The van der Waals surface area contributed by atoms with Gasteiger partial charge in [0.25, 0.3) is 5.91 Å². The molecule has 5 heteroatoms. The second-order valence-electron chi connectivity index (χ2n) is 4.13. The summed E-state index contributed by atoms with van der Waals surface area (Å²) >= 11 is 0. The number of rotatable bonds is 5. The first-order valence-corrected chi connectivity index (χ1v) is 6.14. The predicted molar refractivity (Wildman–Crippen MR) is 70.7 cm³/mol. The lowest BCUT2D eigenvalue weighted by atomic mass is 10.2. The van der Waals surface area contributed by atoms with Crippen LogP contribution in [0.15, 0.2) is 34.7 Å². The summed E-state index contributed by atoms with van der Waals surface area (Å²) in [5.74, 6) is 0.350. The van der Waals surface area contributed by atoms with Crippen molar-refractivity contribution in [1.82, 2.24) is 10.3 Å². The van der Waals surface area contributed by atoms with Gasteiger partial charge >= 0.3 is 0 Å². The van der Waals surface area contributed by atoms with Crippen LogP contribution in [0.5, 0.6) is 0 Å². The summed E-state index contributed by atoms with van der Waals surface area (Å²) in [6.45, 7) is 2.19. The predicted octanol–water partition coefficient (Wildman–Crippen LogP) is 1.76. The second-order valence-corrected chi connectivity index (χ2v) is 4.13. The molecule has 2 N–H and O–H groups in total. The fourth-order valence-corrected chi connectivity index (χ4v) is 1.67. The van der Waals surface area contributed by atoms with Crippen molar-refractivity contribution in [2.24, 2.45) is 0 Å². The van der Waals surface area contributed by atoms with Crippen molar-refractivity contribution in [2.45, 2.75) is 13.3 Å². The molecule has 0 atom stereocenters. The Balaban J connectivity index is 2.15. The zero-order valence-corrected chi connectivity index (χ0v) is 10.7. The van der Waals surface area contributed by atoms with Crippen LogP contribution in [0.25, 0.3) is 11.5 Å². The fraction of sp³-hybridized carbons (Fsp3) is 0.286. The molecule has 19 heavy (non-hydrogen) atoms. The Morgan fingerprint density at radius 2 is 2.11 bits per heavy atom. The lowest BCUT2D eigenvalue weighted by Crippen LogP contribution is -2.25. The Hall–Kier alpha value is -2.14. The summed E-state index contributed by atoms with van der Waals surface area (Å²) < 4.78 is 5.51. The first-order valence-electron chi connectivity index (χ1n) is 6.14. The number of amides is 1. The van der Waals surface area contributed by atoms with Crippen molar-refractivity contribution in [3.63, 3.8) is 0 Å². The minimum absolute atomic E-state index is 0.0466. The van der Waals surface area contributed by atoms with Crippen LogP contribution in [0.3, 0.4) is 0 Å². The molecule has 0 aliphatic heterocycles. The zero-order valence-electron chi connectivity index (χ0n) is 10.7. The van der Waals surface area contributed by atoms with Gasteiger partial charge in [0.15, 0.2) is 0 Å². The number of nitrogens with one attached hydrogen (secondary N) is 1. The van der Waals surface area contributed by atoms with E-state index < -0.39 is 0 Å². The van der Waals surface area contributed by atoms with E-state index in [9.17, 15) is 4.79 Å². The molecule has 1 amide bonds. The molecule has 5 nitrogen and oxygen atoms in total. The van der Waals surface area contributed by atoms with Crippen molar-refractivity contribution in [1.29, 1.82) is 0 Å². The number of carbonyl (C=O) groups excluding carboxylic acids is 1. The third kappa shape index (κ3) is 3.20. The topological polar surface area (TPSA) is 75.4 Å². The Bertz CT molecular complexity index is 549. The molecular formula is C14H16N2O3. The Morgan fingerprint density at radius 3 is 2.79 bits per heavy atom. The van der Waals surface area contributed by atoms with Gasteiger partial charge in [-0.2, -0.15) is 0 Å². The van der Waals surface area contributed by atoms with E-state index >= 15 is 0 Å². The molecule has 0 radical (unpaired) electrons. The van der Waals surface area contributed by atoms with Crippen LogP contribution in [0.1, 0.15) is 22.7 Å². The van der Waals surface area contributed by atoms with Crippen molar-refractivity contribution >= 4 is 5.91 Å². The molecule has 100 valence electrons. The van der Waals surface area contributed by atoms with Gasteiger partial charge in [-0.15, -0.1) is 0 Å². The van der Waals surface area contributed by atoms with E-state index in [1.54, 1.807) is 6.92 Å². The maximum Gasteiger partial charge on any atom is 0.289 e. The van der Waals surface area contributed by atoms with Gasteiger partial charge in [0.1, 0.15) is 0 Å². The summed E-state index contributed by atoms with van der Waals surface area (Å²) in [7, 11) is 0. The summed E-state index contributed by atoms with van der Waals surface area (Å²) in [5, 5.41) is 11.3. The largest absolute Gasteiger partial charge is 0.431 e. The van der Waals surface area contributed by atoms with E-state index in [1.807, 2.05) is 30.3 Å². The summed E-state index contributed by atoms with van der Waals surface area (Å²) in [6.07, 6.45) is 0.518. The Kier molecular flexibility index (Phi) is 4.30. The van der Waals surface area contributed by atoms with Crippen LogP contribution in [0, 0.1) is 6.92 Å². The Labute approximate surface area is 111 Å². The van der Waals surface area contributed by atoms with Gasteiger partial charge < -0.3 is 14.8 Å². The van der Waals surface area contributed by atoms with E-state index in [1.165, 1.54) is 0 Å². The van der Waals surface area contributed by atoms with E-state index in [0.29, 0.717) is 24.6 Å². The molecule has 0 saturated heterocycles. The maximum atomic E-state index is 11.9. The molecule has 0 spiro atoms. The number of aliphatic hydroxyl groups excluding tert-OH is 1. The highest BCUT2D eigenvalue weighted by atomic mass is 16.4. The number of hydrogen-bond donors (Lipinski definition) is 2. The summed E-state index contributed by atoms with van der Waals surface area (Å²) in [5.41, 5.74) is 1.39.